The Morgan fingerprint density at radius 1 is 1.11 bits per heavy atom. The summed E-state index contributed by atoms with van der Waals surface area (Å²) in [6, 6.07) is 9.16. The fourth-order valence-corrected chi connectivity index (χ4v) is 2.32. The molecule has 0 aliphatic rings. The largest absolute Gasteiger partial charge is 0.411 e. The van der Waals surface area contributed by atoms with E-state index in [1.807, 2.05) is 52.0 Å². The lowest BCUT2D eigenvalue weighted by Gasteiger charge is -2.15. The molecule has 0 aliphatic heterocycles. The van der Waals surface area contributed by atoms with Gasteiger partial charge in [0.25, 0.3) is 0 Å². The van der Waals surface area contributed by atoms with Gasteiger partial charge in [0.05, 0.1) is 5.71 Å². The molecular weight excluding hydrogens is 348 g/mol. The van der Waals surface area contributed by atoms with Crippen LogP contribution in [0, 0.1) is 0 Å². The molecule has 8 nitrogen and oxygen atoms in total. The van der Waals surface area contributed by atoms with Gasteiger partial charge in [0.1, 0.15) is 30.9 Å². The predicted molar refractivity (Wildman–Crippen MR) is 103 cm³/mol. The molecule has 0 amide bonds. The maximum Gasteiger partial charge on any atom is 0.159 e. The number of oxime groups is 2. The van der Waals surface area contributed by atoms with Crippen LogP contribution in [0.4, 0.5) is 0 Å². The molecule has 0 saturated heterocycles. The summed E-state index contributed by atoms with van der Waals surface area (Å²) in [5, 5.41) is 12.2. The molecular formula is C19H24N4O4. The third-order valence-electron chi connectivity index (χ3n) is 3.69. The monoisotopic (exact) mass is 372 g/mol. The van der Waals surface area contributed by atoms with Gasteiger partial charge in [0, 0.05) is 22.8 Å². The first-order valence-corrected chi connectivity index (χ1v) is 8.39. The Balaban J connectivity index is 2.59. The number of hydrogen-bond acceptors (Lipinski definition) is 8. The van der Waals surface area contributed by atoms with E-state index < -0.39 is 0 Å². The van der Waals surface area contributed by atoms with Crippen LogP contribution < -0.4 is 5.90 Å². The second kappa shape index (κ2) is 9.54. The highest BCUT2D eigenvalue weighted by Crippen LogP contribution is 2.26. The number of hydrogen-bond donors (Lipinski definition) is 1. The van der Waals surface area contributed by atoms with E-state index in [2.05, 4.69) is 15.5 Å². The van der Waals surface area contributed by atoms with Crippen molar-refractivity contribution in [2.24, 2.45) is 16.2 Å². The second-order valence-corrected chi connectivity index (χ2v) is 5.96. The molecule has 2 rings (SSSR count). The molecule has 0 radical (unpaired) electrons. The Kier molecular flexibility index (Phi) is 7.13. The number of benzene rings is 1. The van der Waals surface area contributed by atoms with Crippen molar-refractivity contribution in [1.29, 1.82) is 0 Å². The summed E-state index contributed by atoms with van der Waals surface area (Å²) < 4.78 is 4.94. The van der Waals surface area contributed by atoms with Gasteiger partial charge in [-0.05, 0) is 27.7 Å². The molecule has 2 N–H and O–H groups in total. The van der Waals surface area contributed by atoms with Crippen LogP contribution in [0.2, 0.25) is 0 Å². The van der Waals surface area contributed by atoms with Crippen molar-refractivity contribution in [2.45, 2.75) is 33.8 Å². The first kappa shape index (κ1) is 20.2. The molecule has 2 aromatic rings. The number of allylic oxidation sites excluding steroid dienone is 1. The second-order valence-electron chi connectivity index (χ2n) is 5.96. The highest BCUT2D eigenvalue weighted by molar-refractivity contribution is 6.14. The summed E-state index contributed by atoms with van der Waals surface area (Å²) in [4.78, 5) is 15.5. The average molecular weight is 372 g/mol. The maximum atomic E-state index is 5.60. The maximum absolute atomic E-state index is 5.60. The van der Waals surface area contributed by atoms with Gasteiger partial charge in [0.2, 0.25) is 0 Å². The molecule has 0 bridgehead atoms. The van der Waals surface area contributed by atoms with Crippen molar-refractivity contribution in [2.75, 3.05) is 7.11 Å². The summed E-state index contributed by atoms with van der Waals surface area (Å²) >= 11 is 0. The fraction of sp³-hybridized carbons (Fsp3) is 0.316. The Bertz CT molecular complexity index is 839. The molecule has 0 fully saturated rings. The first-order chi connectivity index (χ1) is 13.0. The molecule has 8 heteroatoms. The van der Waals surface area contributed by atoms with E-state index >= 15 is 0 Å². The van der Waals surface area contributed by atoms with Crippen molar-refractivity contribution in [1.82, 2.24) is 5.16 Å². The summed E-state index contributed by atoms with van der Waals surface area (Å²) in [5.41, 5.74) is 3.79. The van der Waals surface area contributed by atoms with Gasteiger partial charge in [-0.15, -0.1) is 0 Å². The van der Waals surface area contributed by atoms with Crippen LogP contribution in [-0.2, 0) is 14.5 Å². The van der Waals surface area contributed by atoms with Crippen LogP contribution >= 0.6 is 0 Å². The van der Waals surface area contributed by atoms with Crippen LogP contribution in [0.25, 0.3) is 5.76 Å². The minimum Gasteiger partial charge on any atom is -0.411 e. The Hall–Kier alpha value is -3.13. The summed E-state index contributed by atoms with van der Waals surface area (Å²) in [5.74, 6) is 6.04. The summed E-state index contributed by atoms with van der Waals surface area (Å²) in [6.45, 7) is 7.47. The number of rotatable bonds is 8. The molecule has 27 heavy (non-hydrogen) atoms. The zero-order chi connectivity index (χ0) is 19.8. The van der Waals surface area contributed by atoms with E-state index in [0.29, 0.717) is 34.0 Å². The Labute approximate surface area is 158 Å². The third kappa shape index (κ3) is 4.95. The molecule has 0 unspecified atom stereocenters. The van der Waals surface area contributed by atoms with E-state index in [1.165, 1.54) is 13.4 Å². The molecule has 0 spiro atoms. The van der Waals surface area contributed by atoms with Gasteiger partial charge in [-0.1, -0.05) is 39.7 Å². The lowest BCUT2D eigenvalue weighted by molar-refractivity contribution is 0.0859. The SMILES string of the molecule is CO/N=C(/c1ccon1)c1ccccc1/C(ON)=C(C)/C(C)=N\OC(C)C. The fourth-order valence-electron chi connectivity index (χ4n) is 2.32. The van der Waals surface area contributed by atoms with Crippen molar-refractivity contribution in [3.63, 3.8) is 0 Å². The van der Waals surface area contributed by atoms with E-state index in [1.54, 1.807) is 6.07 Å². The first-order valence-electron chi connectivity index (χ1n) is 8.39. The van der Waals surface area contributed by atoms with Crippen LogP contribution in [0.15, 0.2) is 57.0 Å². The Morgan fingerprint density at radius 3 is 2.37 bits per heavy atom. The van der Waals surface area contributed by atoms with Gasteiger partial charge in [-0.3, -0.25) is 0 Å². The quantitative estimate of drug-likeness (QED) is 0.432. The average Bonchev–Trinajstić information content (AvgIpc) is 3.19. The van der Waals surface area contributed by atoms with E-state index in [0.717, 1.165) is 5.57 Å². The van der Waals surface area contributed by atoms with Gasteiger partial charge < -0.3 is 19.0 Å². The van der Waals surface area contributed by atoms with Gasteiger partial charge in [-0.25, -0.2) is 0 Å². The smallest absolute Gasteiger partial charge is 0.159 e. The van der Waals surface area contributed by atoms with Crippen molar-refractivity contribution >= 4 is 17.2 Å². The van der Waals surface area contributed by atoms with Crippen LogP contribution in [0.1, 0.15) is 44.5 Å². The standard InChI is InChI=1S/C19H24N4O4/c1-12(2)27-21-14(4)13(3)19(26-20)16-9-7-6-8-15(16)18(23-24-5)17-10-11-25-22-17/h6-12H,20H2,1-5H3/b19-13-,21-14-,23-18+. The molecule has 0 atom stereocenters. The highest BCUT2D eigenvalue weighted by Gasteiger charge is 2.20. The number of nitrogens with two attached hydrogens (primary N) is 1. The normalized spacial score (nSPS) is 13.4. The summed E-state index contributed by atoms with van der Waals surface area (Å²) in [6.07, 6.45) is 1.43. The van der Waals surface area contributed by atoms with Gasteiger partial charge in [0.15, 0.2) is 5.76 Å². The lowest BCUT2D eigenvalue weighted by Crippen LogP contribution is -2.13. The minimum atomic E-state index is -0.0325. The van der Waals surface area contributed by atoms with Crippen LogP contribution in [-0.4, -0.2) is 29.8 Å². The zero-order valence-corrected chi connectivity index (χ0v) is 16.1. The van der Waals surface area contributed by atoms with Crippen molar-refractivity contribution in [3.05, 3.63) is 59.0 Å². The third-order valence-corrected chi connectivity index (χ3v) is 3.69. The van der Waals surface area contributed by atoms with Crippen LogP contribution in [0.5, 0.6) is 0 Å². The molecule has 1 aromatic heterocycles. The minimum absolute atomic E-state index is 0.0325. The molecule has 0 aliphatic carbocycles. The van der Waals surface area contributed by atoms with Gasteiger partial charge in [-0.2, -0.15) is 5.90 Å². The topological polar surface area (TPSA) is 104 Å². The molecule has 144 valence electrons. The van der Waals surface area contributed by atoms with Crippen molar-refractivity contribution < 1.29 is 19.0 Å². The predicted octanol–water partition coefficient (Wildman–Crippen LogP) is 3.50. The Morgan fingerprint density at radius 2 is 1.81 bits per heavy atom. The van der Waals surface area contributed by atoms with E-state index in [-0.39, 0.29) is 6.10 Å². The van der Waals surface area contributed by atoms with Crippen LogP contribution in [0.3, 0.4) is 0 Å². The number of aromatic nitrogens is 1. The molecule has 0 saturated carbocycles. The highest BCUT2D eigenvalue weighted by atomic mass is 16.6. The van der Waals surface area contributed by atoms with E-state index in [9.17, 15) is 0 Å². The molecule has 1 heterocycles. The zero-order valence-electron chi connectivity index (χ0n) is 16.1. The van der Waals surface area contributed by atoms with Crippen molar-refractivity contribution in [3.8, 4) is 0 Å². The van der Waals surface area contributed by atoms with E-state index in [4.69, 9.17) is 24.9 Å². The molecule has 1 aromatic carbocycles. The summed E-state index contributed by atoms with van der Waals surface area (Å²) in [7, 11) is 1.46. The number of nitrogens with zero attached hydrogens (tertiary/aromatic N) is 3. The lowest BCUT2D eigenvalue weighted by atomic mass is 9.97. The van der Waals surface area contributed by atoms with Gasteiger partial charge >= 0.3 is 0 Å².